The number of nitrogens with zero attached hydrogens (tertiary/aromatic N) is 1. The fraction of sp³-hybridized carbons (Fsp3) is 0.435. The first-order valence-electron chi connectivity index (χ1n) is 10.8. The summed E-state index contributed by atoms with van der Waals surface area (Å²) in [6.07, 6.45) is 1.77. The van der Waals surface area contributed by atoms with Crippen LogP contribution in [-0.4, -0.2) is 58.3 Å². The Labute approximate surface area is 210 Å². The minimum absolute atomic E-state index is 0.124. The van der Waals surface area contributed by atoms with E-state index in [1.807, 2.05) is 17.0 Å². The Kier molecular flexibility index (Phi) is 8.70. The van der Waals surface area contributed by atoms with Crippen molar-refractivity contribution in [3.63, 3.8) is 0 Å². The van der Waals surface area contributed by atoms with Crippen molar-refractivity contribution >= 4 is 44.8 Å². The summed E-state index contributed by atoms with van der Waals surface area (Å²) in [4.78, 5) is 14.4. The van der Waals surface area contributed by atoms with Crippen LogP contribution in [0.15, 0.2) is 30.3 Å². The van der Waals surface area contributed by atoms with Crippen LogP contribution in [-0.2, 0) is 14.8 Å². The largest absolute Gasteiger partial charge is 0.496 e. The number of hydrogen-bond donors (Lipinski definition) is 2. The summed E-state index contributed by atoms with van der Waals surface area (Å²) in [6, 6.07) is 8.44. The molecule has 2 N–H and O–H groups in total. The minimum Gasteiger partial charge on any atom is -0.496 e. The van der Waals surface area contributed by atoms with Crippen LogP contribution in [0, 0.1) is 0 Å². The van der Waals surface area contributed by atoms with Crippen molar-refractivity contribution in [3.05, 3.63) is 45.9 Å². The standard InChI is InChI=1S/C23H29Cl2N3O5S/c1-14(2)18-11-17(5-6-21(18)32-3)33-23-19(24)9-16(10-20(23)25)26-22(29)13-28-8-7-15(12-28)27-34(4,30)31/h5-6,9-11,14-15,27H,7-8,12-13H2,1-4H3,(H,26,29)/t15-/m0/s1. The average Bonchev–Trinajstić information content (AvgIpc) is 3.15. The molecular weight excluding hydrogens is 501 g/mol. The molecule has 1 aliphatic heterocycles. The van der Waals surface area contributed by atoms with Gasteiger partial charge in [-0.3, -0.25) is 9.69 Å². The second kappa shape index (κ2) is 11.1. The third-order valence-electron chi connectivity index (χ3n) is 5.35. The van der Waals surface area contributed by atoms with Gasteiger partial charge in [0.1, 0.15) is 11.5 Å². The zero-order chi connectivity index (χ0) is 25.0. The lowest BCUT2D eigenvalue weighted by molar-refractivity contribution is -0.117. The molecule has 8 nitrogen and oxygen atoms in total. The third kappa shape index (κ3) is 7.23. The zero-order valence-electron chi connectivity index (χ0n) is 19.5. The summed E-state index contributed by atoms with van der Waals surface area (Å²) in [6.45, 7) is 5.33. The molecule has 186 valence electrons. The first-order chi connectivity index (χ1) is 15.9. The van der Waals surface area contributed by atoms with Crippen LogP contribution in [0.2, 0.25) is 10.0 Å². The maximum atomic E-state index is 12.5. The van der Waals surface area contributed by atoms with Crippen LogP contribution in [0.5, 0.6) is 17.2 Å². The number of anilines is 1. The number of carbonyl (C=O) groups excluding carboxylic acids is 1. The van der Waals surface area contributed by atoms with E-state index in [1.165, 1.54) is 0 Å². The number of methoxy groups -OCH3 is 1. The SMILES string of the molecule is COc1ccc(Oc2c(Cl)cc(NC(=O)CN3CC[C@H](NS(C)(=O)=O)C3)cc2Cl)cc1C(C)C. The predicted molar refractivity (Wildman–Crippen MR) is 135 cm³/mol. The van der Waals surface area contributed by atoms with Gasteiger partial charge in [0.25, 0.3) is 0 Å². The molecule has 0 spiro atoms. The van der Waals surface area contributed by atoms with Crippen molar-refractivity contribution in [2.45, 2.75) is 32.2 Å². The van der Waals surface area contributed by atoms with Gasteiger partial charge in [-0.2, -0.15) is 0 Å². The summed E-state index contributed by atoms with van der Waals surface area (Å²) in [5.74, 6) is 1.61. The Morgan fingerprint density at radius 1 is 1.21 bits per heavy atom. The molecule has 0 aromatic heterocycles. The molecule has 1 atom stereocenters. The Morgan fingerprint density at radius 2 is 1.88 bits per heavy atom. The molecular formula is C23H29Cl2N3O5S. The number of ether oxygens (including phenoxy) is 2. The van der Waals surface area contributed by atoms with Crippen LogP contribution < -0.4 is 19.5 Å². The predicted octanol–water partition coefficient (Wildman–Crippen LogP) is 4.48. The summed E-state index contributed by atoms with van der Waals surface area (Å²) in [7, 11) is -1.66. The van der Waals surface area contributed by atoms with Gasteiger partial charge >= 0.3 is 0 Å². The highest BCUT2D eigenvalue weighted by molar-refractivity contribution is 7.88. The molecule has 1 fully saturated rings. The molecule has 0 aliphatic carbocycles. The summed E-state index contributed by atoms with van der Waals surface area (Å²) < 4.78 is 36.7. The van der Waals surface area contributed by atoms with E-state index in [1.54, 1.807) is 25.3 Å². The van der Waals surface area contributed by atoms with E-state index >= 15 is 0 Å². The van der Waals surface area contributed by atoms with Crippen molar-refractivity contribution in [1.29, 1.82) is 0 Å². The minimum atomic E-state index is -3.28. The van der Waals surface area contributed by atoms with Gasteiger partial charge < -0.3 is 14.8 Å². The monoisotopic (exact) mass is 529 g/mol. The van der Waals surface area contributed by atoms with Gasteiger partial charge in [0.2, 0.25) is 15.9 Å². The molecule has 0 saturated carbocycles. The highest BCUT2D eigenvalue weighted by atomic mass is 35.5. The van der Waals surface area contributed by atoms with E-state index in [9.17, 15) is 13.2 Å². The van der Waals surface area contributed by atoms with Gasteiger partial charge in [0, 0.05) is 30.4 Å². The van der Waals surface area contributed by atoms with Crippen LogP contribution in [0.3, 0.4) is 0 Å². The lowest BCUT2D eigenvalue weighted by Crippen LogP contribution is -2.38. The maximum Gasteiger partial charge on any atom is 0.238 e. The van der Waals surface area contributed by atoms with E-state index in [0.29, 0.717) is 30.9 Å². The van der Waals surface area contributed by atoms with Crippen molar-refractivity contribution in [2.75, 3.05) is 38.3 Å². The Balaban J connectivity index is 1.64. The van der Waals surface area contributed by atoms with Gasteiger partial charge in [-0.25, -0.2) is 13.1 Å². The Morgan fingerprint density at radius 3 is 2.47 bits per heavy atom. The molecule has 1 amide bonds. The molecule has 2 aromatic carbocycles. The van der Waals surface area contributed by atoms with E-state index in [-0.39, 0.29) is 40.2 Å². The Bertz CT molecular complexity index is 1130. The van der Waals surface area contributed by atoms with E-state index < -0.39 is 10.0 Å². The number of amides is 1. The van der Waals surface area contributed by atoms with Gasteiger partial charge in [-0.1, -0.05) is 37.0 Å². The summed E-state index contributed by atoms with van der Waals surface area (Å²) >= 11 is 12.8. The first kappa shape index (κ1) is 26.6. The number of halogens is 2. The molecule has 11 heteroatoms. The lowest BCUT2D eigenvalue weighted by Gasteiger charge is -2.17. The topological polar surface area (TPSA) is 97.0 Å². The maximum absolute atomic E-state index is 12.5. The number of hydrogen-bond acceptors (Lipinski definition) is 6. The van der Waals surface area contributed by atoms with Gasteiger partial charge in [0.05, 0.1) is 30.0 Å². The van der Waals surface area contributed by atoms with Crippen LogP contribution in [0.25, 0.3) is 0 Å². The van der Waals surface area contributed by atoms with Gasteiger partial charge in [-0.15, -0.1) is 0 Å². The summed E-state index contributed by atoms with van der Waals surface area (Å²) in [5.41, 5.74) is 1.43. The number of rotatable bonds is 9. The molecule has 3 rings (SSSR count). The van der Waals surface area contributed by atoms with Crippen molar-refractivity contribution in [1.82, 2.24) is 9.62 Å². The Hall–Kier alpha value is -2.04. The van der Waals surface area contributed by atoms with Crippen LogP contribution in [0.4, 0.5) is 5.69 Å². The number of carbonyl (C=O) groups is 1. The zero-order valence-corrected chi connectivity index (χ0v) is 21.9. The summed E-state index contributed by atoms with van der Waals surface area (Å²) in [5, 5.41) is 3.29. The van der Waals surface area contributed by atoms with Gasteiger partial charge in [0.15, 0.2) is 5.75 Å². The van der Waals surface area contributed by atoms with Crippen molar-refractivity contribution < 1.29 is 22.7 Å². The first-order valence-corrected chi connectivity index (χ1v) is 13.4. The third-order valence-corrected chi connectivity index (χ3v) is 6.67. The molecule has 1 heterocycles. The molecule has 0 bridgehead atoms. The fourth-order valence-corrected chi connectivity index (χ4v) is 5.22. The normalized spacial score (nSPS) is 16.6. The van der Waals surface area contributed by atoms with Crippen LogP contribution in [0.1, 0.15) is 31.7 Å². The molecule has 0 radical (unpaired) electrons. The van der Waals surface area contributed by atoms with E-state index in [2.05, 4.69) is 23.9 Å². The van der Waals surface area contributed by atoms with Crippen LogP contribution >= 0.6 is 23.2 Å². The van der Waals surface area contributed by atoms with Gasteiger partial charge in [-0.05, 0) is 42.7 Å². The van der Waals surface area contributed by atoms with Crippen molar-refractivity contribution in [2.24, 2.45) is 0 Å². The quantitative estimate of drug-likeness (QED) is 0.497. The van der Waals surface area contributed by atoms with E-state index in [0.717, 1.165) is 17.6 Å². The second-order valence-electron chi connectivity index (χ2n) is 8.59. The van der Waals surface area contributed by atoms with E-state index in [4.69, 9.17) is 32.7 Å². The lowest BCUT2D eigenvalue weighted by atomic mass is 10.0. The molecule has 2 aromatic rings. The molecule has 1 saturated heterocycles. The number of nitrogens with one attached hydrogen (secondary N) is 2. The highest BCUT2D eigenvalue weighted by Gasteiger charge is 2.26. The number of sulfonamides is 1. The molecule has 34 heavy (non-hydrogen) atoms. The molecule has 0 unspecified atom stereocenters. The number of likely N-dealkylation sites (tertiary alicyclic amines) is 1. The fourth-order valence-electron chi connectivity index (χ4n) is 3.85. The number of benzene rings is 2. The average molecular weight is 530 g/mol. The molecule has 1 aliphatic rings. The highest BCUT2D eigenvalue weighted by Crippen LogP contribution is 2.40. The second-order valence-corrected chi connectivity index (χ2v) is 11.2. The van der Waals surface area contributed by atoms with Crippen molar-refractivity contribution in [3.8, 4) is 17.2 Å². The smallest absolute Gasteiger partial charge is 0.238 e.